The smallest absolute Gasteiger partial charge is 0.122 e. The number of nitrogens with two attached hydrogens (primary N) is 1. The van der Waals surface area contributed by atoms with E-state index in [1.165, 1.54) is 6.42 Å². The largest absolute Gasteiger partial charge is 0.490 e. The second kappa shape index (κ2) is 3.93. The summed E-state index contributed by atoms with van der Waals surface area (Å²) >= 11 is 0. The van der Waals surface area contributed by atoms with Crippen LogP contribution < -0.4 is 10.5 Å². The highest BCUT2D eigenvalue weighted by Gasteiger charge is 2.19. The number of rotatable bonds is 3. The number of amidine groups is 1. The molecule has 2 rings (SSSR count). The Bertz CT molecular complexity index is 383. The summed E-state index contributed by atoms with van der Waals surface area (Å²) < 4.78 is 5.80. The van der Waals surface area contributed by atoms with E-state index in [4.69, 9.17) is 15.9 Å². The minimum absolute atomic E-state index is 0.105. The average Bonchev–Trinajstić information content (AvgIpc) is 2.12. The number of hydrogen-bond acceptors (Lipinski definition) is 2. The number of benzene rings is 1. The average molecular weight is 204 g/mol. The van der Waals surface area contributed by atoms with Crippen LogP contribution in [-0.2, 0) is 0 Å². The summed E-state index contributed by atoms with van der Waals surface area (Å²) in [5.74, 6) is 1.03. The van der Waals surface area contributed by atoms with Crippen molar-refractivity contribution in [3.8, 4) is 5.75 Å². The lowest BCUT2D eigenvalue weighted by molar-refractivity contribution is 0.119. The number of nitrogen functional groups attached to an aromatic ring is 1. The zero-order valence-corrected chi connectivity index (χ0v) is 8.92. The van der Waals surface area contributed by atoms with Gasteiger partial charge in [-0.25, -0.2) is 0 Å². The maximum absolute atomic E-state index is 7.33. The van der Waals surface area contributed by atoms with E-state index >= 15 is 0 Å². The van der Waals surface area contributed by atoms with Crippen LogP contribution in [-0.4, -0.2) is 11.9 Å². The molecule has 0 spiro atoms. The number of aryl methyl sites for hydroxylation is 1. The predicted molar refractivity (Wildman–Crippen MR) is 60.5 cm³/mol. The molecule has 0 saturated heterocycles. The molecule has 1 aromatic rings. The van der Waals surface area contributed by atoms with E-state index < -0.39 is 0 Å². The molecule has 0 radical (unpaired) electrons. The standard InChI is InChI=1S/C12H16N2O/c1-8-7-9(12(13)14)5-6-11(8)15-10-3-2-4-10/h5-7,10H,2-4H2,1H3,(H3,13,14). The van der Waals surface area contributed by atoms with Gasteiger partial charge in [-0.1, -0.05) is 0 Å². The van der Waals surface area contributed by atoms with Crippen LogP contribution in [0.25, 0.3) is 0 Å². The first-order valence-electron chi connectivity index (χ1n) is 5.28. The number of ether oxygens (including phenoxy) is 1. The van der Waals surface area contributed by atoms with E-state index in [1.54, 1.807) is 0 Å². The third-order valence-corrected chi connectivity index (χ3v) is 2.83. The van der Waals surface area contributed by atoms with Crippen molar-refractivity contribution in [2.24, 2.45) is 5.73 Å². The molecule has 0 heterocycles. The van der Waals surface area contributed by atoms with Gasteiger partial charge < -0.3 is 10.5 Å². The minimum Gasteiger partial charge on any atom is -0.490 e. The van der Waals surface area contributed by atoms with E-state index in [1.807, 2.05) is 25.1 Å². The van der Waals surface area contributed by atoms with Gasteiger partial charge in [0, 0.05) is 5.56 Å². The fourth-order valence-electron chi connectivity index (χ4n) is 1.62. The number of hydrogen-bond donors (Lipinski definition) is 2. The van der Waals surface area contributed by atoms with E-state index in [0.717, 1.165) is 29.7 Å². The van der Waals surface area contributed by atoms with Crippen LogP contribution in [0.5, 0.6) is 5.75 Å². The first kappa shape index (κ1) is 10.0. The molecule has 3 nitrogen and oxygen atoms in total. The molecule has 0 aliphatic heterocycles. The Balaban J connectivity index is 2.14. The fraction of sp³-hybridized carbons (Fsp3) is 0.417. The molecule has 1 saturated carbocycles. The van der Waals surface area contributed by atoms with Gasteiger partial charge in [-0.05, 0) is 49.9 Å². The van der Waals surface area contributed by atoms with Crippen molar-refractivity contribution in [1.29, 1.82) is 5.41 Å². The summed E-state index contributed by atoms with van der Waals surface area (Å²) in [6.07, 6.45) is 3.99. The summed E-state index contributed by atoms with van der Waals surface area (Å²) in [5.41, 5.74) is 7.22. The first-order chi connectivity index (χ1) is 7.16. The van der Waals surface area contributed by atoms with Gasteiger partial charge in [0.15, 0.2) is 0 Å². The van der Waals surface area contributed by atoms with Gasteiger partial charge in [-0.15, -0.1) is 0 Å². The Morgan fingerprint density at radius 3 is 2.67 bits per heavy atom. The fourth-order valence-corrected chi connectivity index (χ4v) is 1.62. The molecule has 1 aliphatic carbocycles. The third-order valence-electron chi connectivity index (χ3n) is 2.83. The highest BCUT2D eigenvalue weighted by molar-refractivity contribution is 5.95. The van der Waals surface area contributed by atoms with E-state index in [-0.39, 0.29) is 5.84 Å². The molecule has 1 aliphatic rings. The lowest BCUT2D eigenvalue weighted by Crippen LogP contribution is -2.25. The van der Waals surface area contributed by atoms with Crippen LogP contribution in [0.1, 0.15) is 30.4 Å². The summed E-state index contributed by atoms with van der Waals surface area (Å²) in [6.45, 7) is 1.99. The van der Waals surface area contributed by atoms with Gasteiger partial charge in [0.1, 0.15) is 11.6 Å². The topological polar surface area (TPSA) is 59.1 Å². The quantitative estimate of drug-likeness (QED) is 0.585. The van der Waals surface area contributed by atoms with Crippen LogP contribution >= 0.6 is 0 Å². The zero-order chi connectivity index (χ0) is 10.8. The van der Waals surface area contributed by atoms with Gasteiger partial charge in [0.05, 0.1) is 6.10 Å². The molecule has 1 fully saturated rings. The van der Waals surface area contributed by atoms with Gasteiger partial charge in [-0.2, -0.15) is 0 Å². The van der Waals surface area contributed by atoms with Crippen molar-refractivity contribution < 1.29 is 4.74 Å². The van der Waals surface area contributed by atoms with Crippen LogP contribution in [0.3, 0.4) is 0 Å². The molecule has 1 aromatic carbocycles. The zero-order valence-electron chi connectivity index (χ0n) is 8.92. The van der Waals surface area contributed by atoms with Crippen molar-refractivity contribution in [1.82, 2.24) is 0 Å². The summed E-state index contributed by atoms with van der Waals surface area (Å²) in [5, 5.41) is 7.33. The molecule has 3 heteroatoms. The lowest BCUT2D eigenvalue weighted by Gasteiger charge is -2.27. The van der Waals surface area contributed by atoms with Gasteiger partial charge in [0.25, 0.3) is 0 Å². The first-order valence-corrected chi connectivity index (χ1v) is 5.28. The normalized spacial score (nSPS) is 15.8. The van der Waals surface area contributed by atoms with Crippen LogP contribution in [0.4, 0.5) is 0 Å². The lowest BCUT2D eigenvalue weighted by atomic mass is 9.96. The predicted octanol–water partition coefficient (Wildman–Crippen LogP) is 2.21. The minimum atomic E-state index is 0.105. The second-order valence-electron chi connectivity index (χ2n) is 4.06. The maximum Gasteiger partial charge on any atom is 0.122 e. The molecule has 0 bridgehead atoms. The summed E-state index contributed by atoms with van der Waals surface area (Å²) in [6, 6.07) is 5.64. The molecule has 0 amide bonds. The van der Waals surface area contributed by atoms with Crippen molar-refractivity contribution in [3.63, 3.8) is 0 Å². The Morgan fingerprint density at radius 2 is 2.20 bits per heavy atom. The molecular formula is C12H16N2O. The third kappa shape index (κ3) is 2.12. The van der Waals surface area contributed by atoms with E-state index in [2.05, 4.69) is 0 Å². The van der Waals surface area contributed by atoms with Crippen molar-refractivity contribution in [2.75, 3.05) is 0 Å². The Hall–Kier alpha value is -1.51. The summed E-state index contributed by atoms with van der Waals surface area (Å²) in [7, 11) is 0. The van der Waals surface area contributed by atoms with Crippen molar-refractivity contribution >= 4 is 5.84 Å². The van der Waals surface area contributed by atoms with Crippen molar-refractivity contribution in [2.45, 2.75) is 32.3 Å². The van der Waals surface area contributed by atoms with Gasteiger partial charge in [-0.3, -0.25) is 5.41 Å². The molecule has 80 valence electrons. The molecule has 0 aromatic heterocycles. The number of nitrogens with one attached hydrogen (secondary N) is 1. The Labute approximate surface area is 89.8 Å². The van der Waals surface area contributed by atoms with E-state index in [0.29, 0.717) is 6.10 Å². The monoisotopic (exact) mass is 204 g/mol. The highest BCUT2D eigenvalue weighted by Crippen LogP contribution is 2.27. The van der Waals surface area contributed by atoms with Crippen LogP contribution in [0.2, 0.25) is 0 Å². The molecule has 15 heavy (non-hydrogen) atoms. The molecular weight excluding hydrogens is 188 g/mol. The van der Waals surface area contributed by atoms with Gasteiger partial charge >= 0.3 is 0 Å². The highest BCUT2D eigenvalue weighted by atomic mass is 16.5. The van der Waals surface area contributed by atoms with Crippen LogP contribution in [0.15, 0.2) is 18.2 Å². The molecule has 0 unspecified atom stereocenters. The Morgan fingerprint density at radius 1 is 1.47 bits per heavy atom. The van der Waals surface area contributed by atoms with E-state index in [9.17, 15) is 0 Å². The molecule has 0 atom stereocenters. The molecule has 3 N–H and O–H groups in total. The van der Waals surface area contributed by atoms with Gasteiger partial charge in [0.2, 0.25) is 0 Å². The SMILES string of the molecule is Cc1cc(C(=N)N)ccc1OC1CCC1. The Kier molecular flexibility index (Phi) is 2.62. The van der Waals surface area contributed by atoms with Crippen LogP contribution in [0, 0.1) is 12.3 Å². The maximum atomic E-state index is 7.33. The second-order valence-corrected chi connectivity index (χ2v) is 4.06. The summed E-state index contributed by atoms with van der Waals surface area (Å²) in [4.78, 5) is 0. The van der Waals surface area contributed by atoms with Crippen molar-refractivity contribution in [3.05, 3.63) is 29.3 Å².